The number of hydrogen-bond donors (Lipinski definition) is 2. The number of carbonyl (C=O) groups excluding carboxylic acids is 2. The molecule has 0 saturated carbocycles. The van der Waals surface area contributed by atoms with Gasteiger partial charge in [-0.3, -0.25) is 9.78 Å². The van der Waals surface area contributed by atoms with Crippen LogP contribution in [0.1, 0.15) is 25.5 Å². The van der Waals surface area contributed by atoms with Crippen molar-refractivity contribution >= 4 is 33.7 Å². The minimum absolute atomic E-state index is 0.145. The summed E-state index contributed by atoms with van der Waals surface area (Å²) in [5, 5.41) is 13.2. The fourth-order valence-electron chi connectivity index (χ4n) is 3.61. The van der Waals surface area contributed by atoms with Crippen molar-refractivity contribution in [1.29, 1.82) is 0 Å². The van der Waals surface area contributed by atoms with Gasteiger partial charge in [-0.25, -0.2) is 4.79 Å². The first-order chi connectivity index (χ1) is 13.0. The Morgan fingerprint density at radius 2 is 2.07 bits per heavy atom. The van der Waals surface area contributed by atoms with E-state index in [-0.39, 0.29) is 23.3 Å². The van der Waals surface area contributed by atoms with Gasteiger partial charge in [0, 0.05) is 33.6 Å². The molecular weight excluding hydrogens is 348 g/mol. The quantitative estimate of drug-likeness (QED) is 0.689. The lowest BCUT2D eigenvalue weighted by molar-refractivity contribution is -0.188. The average Bonchev–Trinajstić information content (AvgIpc) is 3.16. The molecule has 2 N–H and O–H groups in total. The molecule has 7 heteroatoms. The van der Waals surface area contributed by atoms with Crippen LogP contribution in [0.3, 0.4) is 0 Å². The number of benzene rings is 1. The van der Waals surface area contributed by atoms with Crippen LogP contribution < -0.4 is 0 Å². The number of hydrogen-bond acceptors (Lipinski definition) is 6. The van der Waals surface area contributed by atoms with E-state index in [1.165, 1.54) is 7.11 Å². The molecular formula is C20H18N2O5. The van der Waals surface area contributed by atoms with Crippen molar-refractivity contribution in [3.05, 3.63) is 53.4 Å². The lowest BCUT2D eigenvalue weighted by atomic mass is 9.94. The third kappa shape index (κ3) is 2.50. The topological polar surface area (TPSA) is 102 Å². The van der Waals surface area contributed by atoms with Crippen LogP contribution >= 0.6 is 0 Å². The number of methoxy groups -OCH3 is 1. The summed E-state index contributed by atoms with van der Waals surface area (Å²) in [6.07, 6.45) is 1.60. The van der Waals surface area contributed by atoms with Gasteiger partial charge in [0.2, 0.25) is 0 Å². The number of para-hydroxylation sites is 1. The number of nitrogens with zero attached hydrogens (tertiary/aromatic N) is 1. The zero-order valence-corrected chi connectivity index (χ0v) is 14.9. The monoisotopic (exact) mass is 366 g/mol. The Labute approximate surface area is 154 Å². The van der Waals surface area contributed by atoms with Gasteiger partial charge in [0.05, 0.1) is 19.0 Å². The molecule has 3 aromatic rings. The SMILES string of the molecule is CCC1=C(CC(=O)OC)C(O)(c2nccc3c2[nH]c2ccccc23)OC1=O. The molecule has 0 spiro atoms. The number of cyclic esters (lactones) is 1. The van der Waals surface area contributed by atoms with Gasteiger partial charge in [-0.15, -0.1) is 0 Å². The fraction of sp³-hybridized carbons (Fsp3) is 0.250. The van der Waals surface area contributed by atoms with Gasteiger partial charge in [0.15, 0.2) is 0 Å². The summed E-state index contributed by atoms with van der Waals surface area (Å²) in [5.74, 6) is -3.36. The van der Waals surface area contributed by atoms with Gasteiger partial charge in [-0.05, 0) is 18.6 Å². The Balaban J connectivity index is 1.97. The highest BCUT2D eigenvalue weighted by atomic mass is 16.7. The van der Waals surface area contributed by atoms with E-state index in [4.69, 9.17) is 9.47 Å². The van der Waals surface area contributed by atoms with E-state index < -0.39 is 17.7 Å². The molecule has 0 radical (unpaired) electrons. The number of pyridine rings is 1. The number of fused-ring (bicyclic) bond motifs is 3. The van der Waals surface area contributed by atoms with Gasteiger partial charge in [0.25, 0.3) is 5.79 Å². The molecule has 3 heterocycles. The highest BCUT2D eigenvalue weighted by molar-refractivity contribution is 6.08. The van der Waals surface area contributed by atoms with Crippen molar-refractivity contribution in [1.82, 2.24) is 9.97 Å². The molecule has 1 aliphatic heterocycles. The molecule has 2 aromatic heterocycles. The second kappa shape index (κ2) is 6.21. The smallest absolute Gasteiger partial charge is 0.337 e. The highest BCUT2D eigenvalue weighted by Crippen LogP contribution is 2.44. The predicted molar refractivity (Wildman–Crippen MR) is 97.5 cm³/mol. The summed E-state index contributed by atoms with van der Waals surface area (Å²) in [7, 11) is 1.25. The normalized spacial score (nSPS) is 19.7. The third-order valence-corrected chi connectivity index (χ3v) is 4.91. The first kappa shape index (κ1) is 17.2. The van der Waals surface area contributed by atoms with Gasteiger partial charge in [0.1, 0.15) is 5.69 Å². The van der Waals surface area contributed by atoms with Crippen molar-refractivity contribution in [2.24, 2.45) is 0 Å². The van der Waals surface area contributed by atoms with E-state index in [1.54, 1.807) is 13.1 Å². The number of aliphatic hydroxyl groups is 1. The van der Waals surface area contributed by atoms with Crippen LogP contribution in [0.4, 0.5) is 0 Å². The minimum atomic E-state index is -2.13. The van der Waals surface area contributed by atoms with Crippen molar-refractivity contribution in [2.75, 3.05) is 7.11 Å². The number of nitrogens with one attached hydrogen (secondary N) is 1. The Hall–Kier alpha value is -3.19. The van der Waals surface area contributed by atoms with Crippen LogP contribution in [0.15, 0.2) is 47.7 Å². The van der Waals surface area contributed by atoms with Crippen LogP contribution in [-0.4, -0.2) is 34.1 Å². The lowest BCUT2D eigenvalue weighted by Crippen LogP contribution is -2.31. The van der Waals surface area contributed by atoms with E-state index >= 15 is 0 Å². The summed E-state index contributed by atoms with van der Waals surface area (Å²) in [4.78, 5) is 31.8. The van der Waals surface area contributed by atoms with Gasteiger partial charge >= 0.3 is 11.9 Å². The predicted octanol–water partition coefficient (Wildman–Crippen LogP) is 2.69. The molecule has 0 bridgehead atoms. The van der Waals surface area contributed by atoms with Crippen LogP contribution in [0.25, 0.3) is 21.8 Å². The number of aromatic amines is 1. The molecule has 0 fully saturated rings. The second-order valence-corrected chi connectivity index (χ2v) is 6.35. The molecule has 1 aliphatic rings. The molecule has 0 saturated heterocycles. The number of aromatic nitrogens is 2. The highest BCUT2D eigenvalue weighted by Gasteiger charge is 2.50. The molecule has 0 amide bonds. The maximum absolute atomic E-state index is 12.4. The van der Waals surface area contributed by atoms with Crippen molar-refractivity contribution < 1.29 is 24.2 Å². The summed E-state index contributed by atoms with van der Waals surface area (Å²) >= 11 is 0. The van der Waals surface area contributed by atoms with E-state index in [2.05, 4.69) is 9.97 Å². The fourth-order valence-corrected chi connectivity index (χ4v) is 3.61. The molecule has 1 atom stereocenters. The minimum Gasteiger partial charge on any atom is -0.469 e. The van der Waals surface area contributed by atoms with Gasteiger partial charge in [-0.1, -0.05) is 25.1 Å². The summed E-state index contributed by atoms with van der Waals surface area (Å²) in [6.45, 7) is 1.76. The van der Waals surface area contributed by atoms with Crippen LogP contribution in [-0.2, 0) is 24.8 Å². The Morgan fingerprint density at radius 1 is 1.30 bits per heavy atom. The Bertz CT molecular complexity index is 1110. The molecule has 27 heavy (non-hydrogen) atoms. The third-order valence-electron chi connectivity index (χ3n) is 4.91. The number of carbonyl (C=O) groups is 2. The van der Waals surface area contributed by atoms with Crippen molar-refractivity contribution in [2.45, 2.75) is 25.6 Å². The molecule has 7 nitrogen and oxygen atoms in total. The van der Waals surface area contributed by atoms with E-state index in [9.17, 15) is 14.7 Å². The Kier molecular flexibility index (Phi) is 3.96. The first-order valence-electron chi connectivity index (χ1n) is 8.60. The van der Waals surface area contributed by atoms with Gasteiger partial charge in [-0.2, -0.15) is 0 Å². The number of rotatable bonds is 4. The molecule has 0 aliphatic carbocycles. The molecule has 1 aromatic carbocycles. The second-order valence-electron chi connectivity index (χ2n) is 6.35. The van der Waals surface area contributed by atoms with Crippen LogP contribution in [0.2, 0.25) is 0 Å². The molecule has 4 rings (SSSR count). The molecule has 1 unspecified atom stereocenters. The van der Waals surface area contributed by atoms with E-state index in [0.29, 0.717) is 11.9 Å². The van der Waals surface area contributed by atoms with Crippen LogP contribution in [0.5, 0.6) is 0 Å². The van der Waals surface area contributed by atoms with Gasteiger partial charge < -0.3 is 19.6 Å². The lowest BCUT2D eigenvalue weighted by Gasteiger charge is -2.24. The van der Waals surface area contributed by atoms with Crippen LogP contribution in [0, 0.1) is 0 Å². The standard InChI is InChI=1S/C20H18N2O5/c1-3-11-14(10-16(23)26-2)20(25,27-19(11)24)18-17-13(8-9-21-18)12-6-4-5-7-15(12)22-17/h4-9,22,25H,3,10H2,1-2H3. The Morgan fingerprint density at radius 3 is 2.81 bits per heavy atom. The summed E-state index contributed by atoms with van der Waals surface area (Å²) in [6, 6.07) is 9.49. The van der Waals surface area contributed by atoms with E-state index in [0.717, 1.165) is 16.3 Å². The average molecular weight is 366 g/mol. The summed E-state index contributed by atoms with van der Waals surface area (Å²) in [5.41, 5.74) is 1.99. The zero-order valence-electron chi connectivity index (χ0n) is 14.9. The maximum atomic E-state index is 12.4. The summed E-state index contributed by atoms with van der Waals surface area (Å²) < 4.78 is 10.1. The number of esters is 2. The van der Waals surface area contributed by atoms with E-state index in [1.807, 2.05) is 30.3 Å². The number of ether oxygens (including phenoxy) is 2. The van der Waals surface area contributed by atoms with Crippen molar-refractivity contribution in [3.63, 3.8) is 0 Å². The maximum Gasteiger partial charge on any atom is 0.337 e. The largest absolute Gasteiger partial charge is 0.469 e. The number of H-pyrrole nitrogens is 1. The zero-order chi connectivity index (χ0) is 19.2. The van der Waals surface area contributed by atoms with Crippen molar-refractivity contribution in [3.8, 4) is 0 Å². The first-order valence-corrected chi connectivity index (χ1v) is 8.60. The molecule has 138 valence electrons.